The minimum atomic E-state index is -1.10. The number of aliphatic hydroxyl groups excluding tert-OH is 2. The maximum absolute atomic E-state index is 8.06. The molecule has 1 unspecified atom stereocenters. The van der Waals surface area contributed by atoms with E-state index in [1.807, 2.05) is 0 Å². The van der Waals surface area contributed by atoms with Gasteiger partial charge >= 0.3 is 0 Å². The molecule has 0 aliphatic carbocycles. The topological polar surface area (TPSA) is 49.7 Å². The Balaban J connectivity index is 2.63. The van der Waals surface area contributed by atoms with E-state index in [1.165, 1.54) is 0 Å². The zero-order valence-corrected chi connectivity index (χ0v) is 3.29. The van der Waals surface area contributed by atoms with E-state index in [0.717, 1.165) is 0 Å². The second kappa shape index (κ2) is 3.08. The Kier molecular flexibility index (Phi) is 3.02. The first-order chi connectivity index (χ1) is 2.77. The summed E-state index contributed by atoms with van der Waals surface area (Å²) in [6.45, 7) is 2.52. The SMILES string of the molecule is [CH2]C(O)OCO. The lowest BCUT2D eigenvalue weighted by Crippen LogP contribution is -2.06. The average molecular weight is 91.1 g/mol. The highest BCUT2D eigenvalue weighted by molar-refractivity contribution is 4.34. The molecule has 0 heterocycles. The Labute approximate surface area is 36.2 Å². The van der Waals surface area contributed by atoms with Crippen molar-refractivity contribution in [3.05, 3.63) is 6.92 Å². The third-order valence-corrected chi connectivity index (χ3v) is 0.267. The fourth-order valence-electron chi connectivity index (χ4n) is 0.0860. The molecule has 0 saturated carbocycles. The van der Waals surface area contributed by atoms with Gasteiger partial charge in [0.05, 0.1) is 0 Å². The van der Waals surface area contributed by atoms with Crippen molar-refractivity contribution in [3.63, 3.8) is 0 Å². The molecular weight excluding hydrogens is 84.0 g/mol. The van der Waals surface area contributed by atoms with Crippen molar-refractivity contribution in [3.8, 4) is 0 Å². The van der Waals surface area contributed by atoms with Gasteiger partial charge in [-0.25, -0.2) is 0 Å². The predicted octanol–water partition coefficient (Wildman–Crippen LogP) is -0.895. The Morgan fingerprint density at radius 2 is 2.33 bits per heavy atom. The Hall–Kier alpha value is -0.120. The van der Waals surface area contributed by atoms with Crippen LogP contribution in [0.5, 0.6) is 0 Å². The normalized spacial score (nSPS) is 14.5. The van der Waals surface area contributed by atoms with E-state index in [0.29, 0.717) is 0 Å². The molecule has 0 amide bonds. The van der Waals surface area contributed by atoms with Crippen LogP contribution in [0.3, 0.4) is 0 Å². The standard InChI is InChI=1S/C3H7O3/c1-3(5)6-2-4/h3-5H,1-2H2. The van der Waals surface area contributed by atoms with Crippen molar-refractivity contribution in [1.82, 2.24) is 0 Å². The number of hydrogen-bond acceptors (Lipinski definition) is 3. The summed E-state index contributed by atoms with van der Waals surface area (Å²) in [6, 6.07) is 0. The van der Waals surface area contributed by atoms with E-state index in [1.54, 1.807) is 0 Å². The van der Waals surface area contributed by atoms with Gasteiger partial charge < -0.3 is 14.9 Å². The molecular formula is C3H7O3. The van der Waals surface area contributed by atoms with Crippen LogP contribution in [0.2, 0.25) is 0 Å². The maximum atomic E-state index is 8.06. The molecule has 6 heavy (non-hydrogen) atoms. The second-order valence-electron chi connectivity index (χ2n) is 0.750. The molecule has 0 aromatic carbocycles. The minimum Gasteiger partial charge on any atom is -0.371 e. The van der Waals surface area contributed by atoms with Crippen LogP contribution in [0.25, 0.3) is 0 Å². The second-order valence-corrected chi connectivity index (χ2v) is 0.750. The molecule has 0 fully saturated rings. The van der Waals surface area contributed by atoms with E-state index >= 15 is 0 Å². The molecule has 0 rings (SSSR count). The monoisotopic (exact) mass is 91.0 g/mol. The summed E-state index contributed by atoms with van der Waals surface area (Å²) in [5.41, 5.74) is 0. The number of ether oxygens (including phenoxy) is 1. The van der Waals surface area contributed by atoms with Crippen molar-refractivity contribution < 1.29 is 14.9 Å². The van der Waals surface area contributed by atoms with Crippen LogP contribution >= 0.6 is 0 Å². The van der Waals surface area contributed by atoms with Gasteiger partial charge in [-0.3, -0.25) is 0 Å². The van der Waals surface area contributed by atoms with Gasteiger partial charge in [0.1, 0.15) is 6.79 Å². The molecule has 0 aliphatic heterocycles. The minimum absolute atomic E-state index is 0.481. The van der Waals surface area contributed by atoms with Crippen molar-refractivity contribution in [2.45, 2.75) is 6.29 Å². The molecule has 0 bridgehead atoms. The van der Waals surface area contributed by atoms with Gasteiger partial charge in [0, 0.05) is 6.92 Å². The van der Waals surface area contributed by atoms with Crippen molar-refractivity contribution in [1.29, 1.82) is 0 Å². The molecule has 3 nitrogen and oxygen atoms in total. The highest BCUT2D eigenvalue weighted by Gasteiger charge is 1.86. The van der Waals surface area contributed by atoms with Gasteiger partial charge in [0.25, 0.3) is 0 Å². The first kappa shape index (κ1) is 5.88. The van der Waals surface area contributed by atoms with Gasteiger partial charge in [0.2, 0.25) is 0 Å². The smallest absolute Gasteiger partial charge is 0.157 e. The first-order valence-electron chi connectivity index (χ1n) is 1.51. The maximum Gasteiger partial charge on any atom is 0.157 e. The molecule has 0 aromatic heterocycles. The Morgan fingerprint density at radius 1 is 1.83 bits per heavy atom. The highest BCUT2D eigenvalue weighted by Crippen LogP contribution is 1.76. The Morgan fingerprint density at radius 3 is 2.33 bits per heavy atom. The van der Waals surface area contributed by atoms with E-state index in [9.17, 15) is 0 Å². The Bertz CT molecular complexity index is 27.2. The largest absolute Gasteiger partial charge is 0.371 e. The van der Waals surface area contributed by atoms with Crippen LogP contribution in [0.1, 0.15) is 0 Å². The summed E-state index contributed by atoms with van der Waals surface area (Å²) in [4.78, 5) is 0. The molecule has 0 saturated heterocycles. The van der Waals surface area contributed by atoms with E-state index in [2.05, 4.69) is 11.7 Å². The van der Waals surface area contributed by atoms with Crippen LogP contribution in [0.15, 0.2) is 0 Å². The first-order valence-corrected chi connectivity index (χ1v) is 1.51. The van der Waals surface area contributed by atoms with Gasteiger partial charge in [-0.1, -0.05) is 0 Å². The summed E-state index contributed by atoms with van der Waals surface area (Å²) in [6.07, 6.45) is -1.10. The van der Waals surface area contributed by atoms with Crippen LogP contribution in [0, 0.1) is 6.92 Å². The van der Waals surface area contributed by atoms with Gasteiger partial charge in [0.15, 0.2) is 6.29 Å². The molecule has 3 heteroatoms. The van der Waals surface area contributed by atoms with Crippen molar-refractivity contribution >= 4 is 0 Å². The molecule has 2 N–H and O–H groups in total. The number of aliphatic hydroxyl groups is 2. The van der Waals surface area contributed by atoms with E-state index < -0.39 is 13.1 Å². The summed E-state index contributed by atoms with van der Waals surface area (Å²) < 4.78 is 4.04. The zero-order chi connectivity index (χ0) is 4.99. The number of hydrogen-bond donors (Lipinski definition) is 2. The van der Waals surface area contributed by atoms with Gasteiger partial charge in [-0.2, -0.15) is 0 Å². The van der Waals surface area contributed by atoms with Crippen LogP contribution in [-0.2, 0) is 4.74 Å². The summed E-state index contributed by atoms with van der Waals surface area (Å²) in [5.74, 6) is 0. The molecule has 0 spiro atoms. The molecule has 0 aromatic rings. The molecule has 0 aliphatic rings. The number of rotatable bonds is 2. The highest BCUT2D eigenvalue weighted by atomic mass is 16.7. The fourth-order valence-corrected chi connectivity index (χ4v) is 0.0860. The molecule has 1 atom stereocenters. The molecule has 1 radical (unpaired) electrons. The van der Waals surface area contributed by atoms with Gasteiger partial charge in [-0.05, 0) is 0 Å². The fraction of sp³-hybridized carbons (Fsp3) is 0.667. The van der Waals surface area contributed by atoms with Crippen LogP contribution in [-0.4, -0.2) is 23.3 Å². The van der Waals surface area contributed by atoms with Gasteiger partial charge in [-0.15, -0.1) is 0 Å². The van der Waals surface area contributed by atoms with Crippen molar-refractivity contribution in [2.24, 2.45) is 0 Å². The quantitative estimate of drug-likeness (QED) is 0.433. The summed E-state index contributed by atoms with van der Waals surface area (Å²) in [5, 5.41) is 15.9. The zero-order valence-electron chi connectivity index (χ0n) is 3.29. The summed E-state index contributed by atoms with van der Waals surface area (Å²) in [7, 11) is 0. The lowest BCUT2D eigenvalue weighted by molar-refractivity contribution is -0.125. The lowest BCUT2D eigenvalue weighted by atomic mass is 10.8. The van der Waals surface area contributed by atoms with E-state index in [4.69, 9.17) is 10.2 Å². The molecule has 37 valence electrons. The third-order valence-electron chi connectivity index (χ3n) is 0.267. The third kappa shape index (κ3) is 3.88. The van der Waals surface area contributed by atoms with E-state index in [-0.39, 0.29) is 0 Å². The summed E-state index contributed by atoms with van der Waals surface area (Å²) >= 11 is 0. The van der Waals surface area contributed by atoms with Crippen LogP contribution < -0.4 is 0 Å². The average Bonchev–Trinajstić information content (AvgIpc) is 1.35. The van der Waals surface area contributed by atoms with Crippen LogP contribution in [0.4, 0.5) is 0 Å². The van der Waals surface area contributed by atoms with Crippen molar-refractivity contribution in [2.75, 3.05) is 6.79 Å². The predicted molar refractivity (Wildman–Crippen MR) is 19.5 cm³/mol. The lowest BCUT2D eigenvalue weighted by Gasteiger charge is -1.98.